The van der Waals surface area contributed by atoms with Crippen molar-refractivity contribution in [2.45, 2.75) is 18.5 Å². The molecule has 2 aromatic heterocycles. The molecule has 2 heterocycles. The Bertz CT molecular complexity index is 1250. The predicted molar refractivity (Wildman–Crippen MR) is 135 cm³/mol. The molecule has 4 aromatic rings. The second-order valence-electron chi connectivity index (χ2n) is 7.74. The Hall–Kier alpha value is -3.25. The zero-order valence-electron chi connectivity index (χ0n) is 17.8. The Labute approximate surface area is 197 Å². The van der Waals surface area contributed by atoms with E-state index in [1.54, 1.807) is 41.9 Å². The fourth-order valence-corrected chi connectivity index (χ4v) is 5.13. The first-order valence-corrected chi connectivity index (χ1v) is 12.8. The van der Waals surface area contributed by atoms with Gasteiger partial charge in [0, 0.05) is 28.5 Å². The molecule has 0 fully saturated rings. The molecule has 8 heteroatoms. The van der Waals surface area contributed by atoms with E-state index in [4.69, 9.17) is 5.73 Å². The molecule has 6 nitrogen and oxygen atoms in total. The van der Waals surface area contributed by atoms with Crippen LogP contribution in [-0.4, -0.2) is 21.4 Å². The van der Waals surface area contributed by atoms with Crippen LogP contribution in [0.3, 0.4) is 0 Å². The van der Waals surface area contributed by atoms with Crippen molar-refractivity contribution in [3.63, 3.8) is 0 Å². The molecule has 0 saturated heterocycles. The molecule has 0 saturated carbocycles. The predicted octanol–water partition coefficient (Wildman–Crippen LogP) is 5.27. The molecule has 2 aromatic carbocycles. The lowest BCUT2D eigenvalue weighted by molar-refractivity contribution is 0.102. The third-order valence-electron chi connectivity index (χ3n) is 5.36. The lowest BCUT2D eigenvalue weighted by Crippen LogP contribution is -2.14. The number of nitrogen functional groups attached to an aromatic ring is 1. The van der Waals surface area contributed by atoms with Gasteiger partial charge in [0.05, 0.1) is 11.4 Å². The van der Waals surface area contributed by atoms with Gasteiger partial charge in [-0.05, 0) is 71.3 Å². The van der Waals surface area contributed by atoms with Gasteiger partial charge < -0.3 is 15.9 Å². The second kappa shape index (κ2) is 10.6. The summed E-state index contributed by atoms with van der Waals surface area (Å²) >= 11 is 1.62. The maximum absolute atomic E-state index is 12.8. The average Bonchev–Trinajstić information content (AvgIpc) is 3.36. The van der Waals surface area contributed by atoms with E-state index in [-0.39, 0.29) is 5.91 Å². The first-order valence-electron chi connectivity index (χ1n) is 10.4. The normalized spacial score (nSPS) is 12.8. The van der Waals surface area contributed by atoms with Gasteiger partial charge in [-0.1, -0.05) is 30.3 Å². The average molecular weight is 478 g/mol. The van der Waals surface area contributed by atoms with Crippen molar-refractivity contribution in [3.05, 3.63) is 101 Å². The number of anilines is 2. The molecule has 2 atom stereocenters. The molecule has 1 amide bonds. The Kier molecular flexibility index (Phi) is 7.35. The van der Waals surface area contributed by atoms with E-state index in [0.29, 0.717) is 29.8 Å². The van der Waals surface area contributed by atoms with E-state index in [2.05, 4.69) is 10.3 Å². The second-order valence-corrected chi connectivity index (χ2v) is 10.2. The van der Waals surface area contributed by atoms with E-state index in [9.17, 15) is 14.3 Å². The summed E-state index contributed by atoms with van der Waals surface area (Å²) in [6.45, 7) is 0. The zero-order chi connectivity index (χ0) is 23.2. The molecule has 4 rings (SSSR count). The van der Waals surface area contributed by atoms with Crippen LogP contribution in [-0.2, 0) is 17.4 Å². The number of nitrogens with two attached hydrogens (primary N) is 1. The van der Waals surface area contributed by atoms with E-state index in [1.807, 2.05) is 53.9 Å². The lowest BCUT2D eigenvalue weighted by atomic mass is 10.0. The van der Waals surface area contributed by atoms with Crippen LogP contribution in [0.15, 0.2) is 84.5 Å². The molecular formula is C25H24N3O3PS. The van der Waals surface area contributed by atoms with Gasteiger partial charge in [0.1, 0.15) is 0 Å². The largest absolute Gasteiger partial charge is 0.397 e. The smallest absolute Gasteiger partial charge is 0.255 e. The number of carbonyl (C=O) groups is 1. The van der Waals surface area contributed by atoms with Gasteiger partial charge in [-0.25, -0.2) is 0 Å². The minimum Gasteiger partial charge on any atom is -0.397 e. The molecule has 0 aliphatic heterocycles. The minimum atomic E-state index is -2.73. The van der Waals surface area contributed by atoms with E-state index >= 15 is 0 Å². The number of hydrogen-bond acceptors (Lipinski definition) is 5. The number of hydrogen-bond donors (Lipinski definition) is 3. The Morgan fingerprint density at radius 3 is 2.52 bits per heavy atom. The first-order chi connectivity index (χ1) is 16.0. The highest BCUT2D eigenvalue weighted by molar-refractivity contribution is 7.38. The van der Waals surface area contributed by atoms with Crippen LogP contribution in [0.4, 0.5) is 11.4 Å². The summed E-state index contributed by atoms with van der Waals surface area (Å²) in [5, 5.41) is 4.89. The molecule has 4 N–H and O–H groups in total. The number of benzene rings is 2. The van der Waals surface area contributed by atoms with Gasteiger partial charge in [0.25, 0.3) is 5.91 Å². The third kappa shape index (κ3) is 5.96. The summed E-state index contributed by atoms with van der Waals surface area (Å²) in [6, 6.07) is 20.4. The summed E-state index contributed by atoms with van der Waals surface area (Å²) in [5.74, 6) is -0.265. The summed E-state index contributed by atoms with van der Waals surface area (Å²) in [5.41, 5.74) is 10.0. The van der Waals surface area contributed by atoms with Crippen molar-refractivity contribution in [1.29, 1.82) is 0 Å². The van der Waals surface area contributed by atoms with Crippen molar-refractivity contribution in [3.8, 4) is 10.4 Å². The number of rotatable bonds is 8. The number of aromatic nitrogens is 1. The van der Waals surface area contributed by atoms with Gasteiger partial charge in [-0.3, -0.25) is 14.3 Å². The van der Waals surface area contributed by atoms with Crippen LogP contribution < -0.4 is 11.1 Å². The van der Waals surface area contributed by atoms with Crippen LogP contribution in [0, 0.1) is 0 Å². The molecule has 0 radical (unpaired) electrons. The molecule has 0 spiro atoms. The molecule has 168 valence electrons. The zero-order valence-corrected chi connectivity index (χ0v) is 19.6. The molecule has 0 aliphatic rings. The lowest BCUT2D eigenvalue weighted by Gasteiger charge is -2.14. The van der Waals surface area contributed by atoms with Gasteiger partial charge in [-0.2, -0.15) is 0 Å². The molecule has 0 aliphatic carbocycles. The minimum absolute atomic E-state index is 0.265. The molecule has 33 heavy (non-hydrogen) atoms. The Morgan fingerprint density at radius 2 is 1.85 bits per heavy atom. The maximum Gasteiger partial charge on any atom is 0.255 e. The van der Waals surface area contributed by atoms with Crippen molar-refractivity contribution >= 4 is 36.6 Å². The van der Waals surface area contributed by atoms with E-state index in [0.717, 1.165) is 21.6 Å². The van der Waals surface area contributed by atoms with Crippen LogP contribution in [0.2, 0.25) is 0 Å². The summed E-state index contributed by atoms with van der Waals surface area (Å²) in [4.78, 5) is 27.8. The van der Waals surface area contributed by atoms with E-state index in [1.165, 1.54) is 0 Å². The number of carbonyl (C=O) groups excluding carboxylic acids is 1. The standard InChI is InChI=1S/C25H24N3O3PS/c26-22-10-9-20(24-4-2-12-33-24)15-23(22)28-25(29)19-7-5-17(6-8-19)13-21(32(30)31)14-18-3-1-11-27-16-18/h1-12,15-16,21,32H,13-14,26H2,(H,28,29)(H,30,31). The quantitative estimate of drug-likeness (QED) is 0.237. The fourth-order valence-electron chi connectivity index (χ4n) is 3.58. The summed E-state index contributed by atoms with van der Waals surface area (Å²) < 4.78 is 11.9. The SMILES string of the molecule is Nc1ccc(-c2cccs2)cc1NC(=O)c1ccc(CC(Cc2cccnc2)[PH](=O)O)cc1. The molecule has 0 bridgehead atoms. The van der Waals surface area contributed by atoms with Crippen molar-refractivity contribution in [2.75, 3.05) is 11.1 Å². The topological polar surface area (TPSA) is 105 Å². The fraction of sp³-hybridized carbons (Fsp3) is 0.120. The highest BCUT2D eigenvalue weighted by Gasteiger charge is 2.17. The number of nitrogens with zero attached hydrogens (tertiary/aromatic N) is 1. The molecular weight excluding hydrogens is 453 g/mol. The van der Waals surface area contributed by atoms with Crippen LogP contribution in [0.1, 0.15) is 21.5 Å². The van der Waals surface area contributed by atoms with Crippen molar-refractivity contribution in [1.82, 2.24) is 4.98 Å². The maximum atomic E-state index is 12.8. The van der Waals surface area contributed by atoms with Crippen LogP contribution in [0.5, 0.6) is 0 Å². The molecule has 2 unspecified atom stereocenters. The van der Waals surface area contributed by atoms with Crippen LogP contribution >= 0.6 is 19.4 Å². The van der Waals surface area contributed by atoms with Gasteiger partial charge in [0.15, 0.2) is 8.03 Å². The van der Waals surface area contributed by atoms with Crippen molar-refractivity contribution in [2.24, 2.45) is 0 Å². The van der Waals surface area contributed by atoms with Crippen LogP contribution in [0.25, 0.3) is 10.4 Å². The highest BCUT2D eigenvalue weighted by Crippen LogP contribution is 2.31. The number of nitrogens with one attached hydrogen (secondary N) is 1. The number of thiophene rings is 1. The van der Waals surface area contributed by atoms with Crippen molar-refractivity contribution < 1.29 is 14.3 Å². The highest BCUT2D eigenvalue weighted by atomic mass is 32.1. The summed E-state index contributed by atoms with van der Waals surface area (Å²) in [6.07, 6.45) is 4.31. The van der Waals surface area contributed by atoms with Gasteiger partial charge >= 0.3 is 0 Å². The Morgan fingerprint density at radius 1 is 1.06 bits per heavy atom. The number of amides is 1. The summed E-state index contributed by atoms with van der Waals surface area (Å²) in [7, 11) is -2.73. The Balaban J connectivity index is 1.44. The first kappa shape index (κ1) is 22.9. The van der Waals surface area contributed by atoms with Gasteiger partial charge in [-0.15, -0.1) is 11.3 Å². The van der Waals surface area contributed by atoms with E-state index < -0.39 is 13.7 Å². The monoisotopic (exact) mass is 477 g/mol. The third-order valence-corrected chi connectivity index (χ3v) is 7.39. The number of pyridine rings is 1. The van der Waals surface area contributed by atoms with Gasteiger partial charge in [0.2, 0.25) is 0 Å².